The molecule has 0 amide bonds. The van der Waals surface area contributed by atoms with Crippen LogP contribution in [0, 0.1) is 52.3 Å². The van der Waals surface area contributed by atoms with Crippen LogP contribution in [-0.2, 0) is 0 Å². The first-order chi connectivity index (χ1) is 14.7. The zero-order chi connectivity index (χ0) is 22.4. The molecule has 0 aliphatic heterocycles. The van der Waals surface area contributed by atoms with Crippen LogP contribution in [0.4, 0.5) is 13.2 Å². The second-order valence-electron chi connectivity index (χ2n) is 12.4. The van der Waals surface area contributed by atoms with Gasteiger partial charge in [-0.3, -0.25) is 0 Å². The highest BCUT2D eigenvalue weighted by Gasteiger charge is 2.61. The number of aliphatic hydroxyl groups excluding tert-OH is 1. The molecule has 5 aliphatic rings. The number of rotatable bonds is 3. The smallest absolute Gasteiger partial charge is 0.391 e. The molecule has 5 rings (SSSR count). The summed E-state index contributed by atoms with van der Waals surface area (Å²) in [6, 6.07) is 0. The van der Waals surface area contributed by atoms with E-state index in [0.717, 1.165) is 43.6 Å². The van der Waals surface area contributed by atoms with Gasteiger partial charge < -0.3 is 5.11 Å². The number of hydrogen-bond acceptors (Lipinski definition) is 1. The predicted molar refractivity (Wildman–Crippen MR) is 119 cm³/mol. The Kier molecular flexibility index (Phi) is 6.81. The van der Waals surface area contributed by atoms with E-state index in [2.05, 4.69) is 13.8 Å². The van der Waals surface area contributed by atoms with Gasteiger partial charge in [0.1, 0.15) is 0 Å². The molecule has 8 atom stereocenters. The minimum atomic E-state index is -3.98. The highest BCUT2D eigenvalue weighted by molar-refractivity contribution is 5.09. The van der Waals surface area contributed by atoms with E-state index in [1.807, 2.05) is 0 Å². The quantitative estimate of drug-likeness (QED) is 0.469. The fraction of sp³-hybridized carbons (Fsp3) is 1.00. The first kappa shape index (κ1) is 23.9. The largest absolute Gasteiger partial charge is 0.400 e. The lowest BCUT2D eigenvalue weighted by molar-refractivity contribution is -0.208. The summed E-state index contributed by atoms with van der Waals surface area (Å²) in [5.74, 6) is 3.56. The molecular weight excluding hydrogens is 397 g/mol. The molecule has 5 aliphatic carbocycles. The normalized spacial score (nSPS) is 47.3. The fourth-order valence-electron chi connectivity index (χ4n) is 9.36. The average Bonchev–Trinajstić information content (AvgIpc) is 3.03. The Labute approximate surface area is 187 Å². The lowest BCUT2D eigenvalue weighted by Crippen LogP contribution is -2.54. The van der Waals surface area contributed by atoms with Crippen LogP contribution in [0.1, 0.15) is 104 Å². The van der Waals surface area contributed by atoms with E-state index in [0.29, 0.717) is 30.1 Å². The maximum Gasteiger partial charge on any atom is 0.391 e. The van der Waals surface area contributed by atoms with Crippen molar-refractivity contribution in [2.24, 2.45) is 52.3 Å². The molecule has 0 spiro atoms. The molecule has 1 N–H and O–H groups in total. The fourth-order valence-corrected chi connectivity index (χ4v) is 9.36. The van der Waals surface area contributed by atoms with Gasteiger partial charge in [-0.05, 0) is 111 Å². The molecule has 0 aromatic carbocycles. The number of hydrogen-bond donors (Lipinski definition) is 1. The zero-order valence-electron chi connectivity index (χ0n) is 20.0. The van der Waals surface area contributed by atoms with Gasteiger partial charge in [0.25, 0.3) is 0 Å². The molecule has 0 aromatic heterocycles. The van der Waals surface area contributed by atoms with Crippen LogP contribution < -0.4 is 0 Å². The lowest BCUT2D eigenvalue weighted by atomic mass is 9.44. The maximum atomic E-state index is 13.4. The van der Waals surface area contributed by atoms with Gasteiger partial charge in [0, 0.05) is 7.11 Å². The summed E-state index contributed by atoms with van der Waals surface area (Å²) in [6.45, 7) is 5.01. The SMILES string of the molecule is CC12CCC3C(CCC4CC(C(F)(F)F)CCC43C)C1CCC2CCC1CCC1.CO. The van der Waals surface area contributed by atoms with Crippen molar-refractivity contribution in [3.63, 3.8) is 0 Å². The molecule has 0 bridgehead atoms. The van der Waals surface area contributed by atoms with Crippen LogP contribution in [0.3, 0.4) is 0 Å². The summed E-state index contributed by atoms with van der Waals surface area (Å²) < 4.78 is 40.2. The van der Waals surface area contributed by atoms with E-state index in [9.17, 15) is 13.2 Å². The summed E-state index contributed by atoms with van der Waals surface area (Å²) in [5, 5.41) is 7.00. The molecule has 8 unspecified atom stereocenters. The Bertz CT molecular complexity index is 614. The van der Waals surface area contributed by atoms with E-state index in [1.54, 1.807) is 0 Å². The molecule has 0 saturated heterocycles. The van der Waals surface area contributed by atoms with Crippen molar-refractivity contribution in [2.45, 2.75) is 110 Å². The van der Waals surface area contributed by atoms with Crippen LogP contribution in [0.5, 0.6) is 0 Å². The Hall–Kier alpha value is -0.250. The van der Waals surface area contributed by atoms with Crippen molar-refractivity contribution in [2.75, 3.05) is 7.11 Å². The van der Waals surface area contributed by atoms with Crippen LogP contribution in [0.25, 0.3) is 0 Å². The number of fused-ring (bicyclic) bond motifs is 5. The maximum absolute atomic E-state index is 13.4. The molecule has 5 fully saturated rings. The van der Waals surface area contributed by atoms with Gasteiger partial charge in [-0.1, -0.05) is 39.5 Å². The average molecular weight is 443 g/mol. The standard InChI is InChI=1S/C26H41F3.CH4O/c1-24-15-13-23-21(22(24)11-9-18(24)7-6-17-4-3-5-17)10-8-19-16-20(26(27,28)29)12-14-25(19,23)2;1-2/h17-23H,3-16H2,1-2H3;2H,1H3. The summed E-state index contributed by atoms with van der Waals surface area (Å²) >= 11 is 0. The highest BCUT2D eigenvalue weighted by Crippen LogP contribution is 2.68. The second kappa shape index (κ2) is 8.84. The molecule has 1 nitrogen and oxygen atoms in total. The molecule has 0 aromatic rings. The molecule has 31 heavy (non-hydrogen) atoms. The van der Waals surface area contributed by atoms with Gasteiger partial charge in [-0.15, -0.1) is 0 Å². The summed E-state index contributed by atoms with van der Waals surface area (Å²) in [7, 11) is 1.00. The number of alkyl halides is 3. The Balaban J connectivity index is 0.00000112. The predicted octanol–water partition coefficient (Wildman–Crippen LogP) is 8.01. The van der Waals surface area contributed by atoms with E-state index in [-0.39, 0.29) is 5.41 Å². The third-order valence-electron chi connectivity index (χ3n) is 11.5. The Morgan fingerprint density at radius 3 is 2.10 bits per heavy atom. The van der Waals surface area contributed by atoms with E-state index in [1.165, 1.54) is 64.2 Å². The Morgan fingerprint density at radius 2 is 1.45 bits per heavy atom. The van der Waals surface area contributed by atoms with Crippen LogP contribution in [-0.4, -0.2) is 18.4 Å². The highest BCUT2D eigenvalue weighted by atomic mass is 19.4. The molecule has 0 radical (unpaired) electrons. The minimum Gasteiger partial charge on any atom is -0.400 e. The lowest BCUT2D eigenvalue weighted by Gasteiger charge is -2.61. The van der Waals surface area contributed by atoms with Gasteiger partial charge in [0.2, 0.25) is 0 Å². The first-order valence-corrected chi connectivity index (χ1v) is 13.2. The van der Waals surface area contributed by atoms with Crippen molar-refractivity contribution in [3.8, 4) is 0 Å². The third-order valence-corrected chi connectivity index (χ3v) is 11.5. The summed E-state index contributed by atoms with van der Waals surface area (Å²) in [4.78, 5) is 0. The van der Waals surface area contributed by atoms with Crippen LogP contribution in [0.15, 0.2) is 0 Å². The molecule has 4 heteroatoms. The van der Waals surface area contributed by atoms with Crippen molar-refractivity contribution in [1.29, 1.82) is 0 Å². The molecule has 5 saturated carbocycles. The summed E-state index contributed by atoms with van der Waals surface area (Å²) in [6.07, 6.45) is 12.7. The van der Waals surface area contributed by atoms with Crippen LogP contribution in [0.2, 0.25) is 0 Å². The van der Waals surface area contributed by atoms with Gasteiger partial charge in [0.05, 0.1) is 5.92 Å². The van der Waals surface area contributed by atoms with E-state index >= 15 is 0 Å². The minimum absolute atomic E-state index is 0.177. The third kappa shape index (κ3) is 4.10. The van der Waals surface area contributed by atoms with Crippen molar-refractivity contribution in [1.82, 2.24) is 0 Å². The second-order valence-corrected chi connectivity index (χ2v) is 12.4. The van der Waals surface area contributed by atoms with E-state index < -0.39 is 12.1 Å². The monoisotopic (exact) mass is 442 g/mol. The summed E-state index contributed by atoms with van der Waals surface area (Å²) in [5.41, 5.74) is 0.702. The Morgan fingerprint density at radius 1 is 0.774 bits per heavy atom. The van der Waals surface area contributed by atoms with Gasteiger partial charge in [-0.25, -0.2) is 0 Å². The van der Waals surface area contributed by atoms with Crippen LogP contribution >= 0.6 is 0 Å². The van der Waals surface area contributed by atoms with Crippen molar-refractivity contribution >= 4 is 0 Å². The molecule has 180 valence electrons. The van der Waals surface area contributed by atoms with Crippen molar-refractivity contribution < 1.29 is 18.3 Å². The topological polar surface area (TPSA) is 20.2 Å². The van der Waals surface area contributed by atoms with Gasteiger partial charge in [0.15, 0.2) is 0 Å². The number of aliphatic hydroxyl groups is 1. The van der Waals surface area contributed by atoms with Gasteiger partial charge in [-0.2, -0.15) is 13.2 Å². The molecule has 0 heterocycles. The van der Waals surface area contributed by atoms with Crippen molar-refractivity contribution in [3.05, 3.63) is 0 Å². The molecular formula is C27H45F3O. The first-order valence-electron chi connectivity index (χ1n) is 13.2. The van der Waals surface area contributed by atoms with Gasteiger partial charge >= 0.3 is 6.18 Å². The number of halogens is 3. The zero-order valence-corrected chi connectivity index (χ0v) is 20.0. The van der Waals surface area contributed by atoms with E-state index in [4.69, 9.17) is 5.11 Å².